The Labute approximate surface area is 146 Å². The minimum absolute atomic E-state index is 0.224. The summed E-state index contributed by atoms with van der Waals surface area (Å²) in [4.78, 5) is 22.7. The summed E-state index contributed by atoms with van der Waals surface area (Å²) in [5.41, 5.74) is 7.80. The fourth-order valence-corrected chi connectivity index (χ4v) is 3.33. The molecule has 5 nitrogen and oxygen atoms in total. The van der Waals surface area contributed by atoms with E-state index in [1.165, 1.54) is 0 Å². The molecule has 0 heterocycles. The van der Waals surface area contributed by atoms with E-state index >= 15 is 0 Å². The molecule has 1 fully saturated rings. The van der Waals surface area contributed by atoms with Gasteiger partial charge in [0.05, 0.1) is 5.92 Å². The van der Waals surface area contributed by atoms with Crippen LogP contribution >= 0.6 is 0 Å². The molecular formula is C20H21NO4. The number of nitrogens with two attached hydrogens (primary N) is 1. The molecule has 0 saturated heterocycles. The molecule has 0 aliphatic heterocycles. The van der Waals surface area contributed by atoms with Gasteiger partial charge in [0.15, 0.2) is 0 Å². The van der Waals surface area contributed by atoms with Crippen molar-refractivity contribution in [3.05, 3.63) is 60.2 Å². The minimum Gasteiger partial charge on any atom is -0.481 e. The lowest BCUT2D eigenvalue weighted by molar-refractivity contribution is -0.145. The number of hydrogen-bond donors (Lipinski definition) is 3. The van der Waals surface area contributed by atoms with Crippen LogP contribution in [0.3, 0.4) is 0 Å². The summed E-state index contributed by atoms with van der Waals surface area (Å²) in [7, 11) is 0. The molecule has 0 amide bonds. The van der Waals surface area contributed by atoms with Crippen LogP contribution in [0.4, 0.5) is 0 Å². The second kappa shape index (κ2) is 6.69. The van der Waals surface area contributed by atoms with Crippen LogP contribution in [0.2, 0.25) is 0 Å². The van der Waals surface area contributed by atoms with Crippen LogP contribution in [0.15, 0.2) is 54.6 Å². The summed E-state index contributed by atoms with van der Waals surface area (Å²) in [5.74, 6) is -3.22. The van der Waals surface area contributed by atoms with E-state index in [2.05, 4.69) is 0 Å². The molecule has 0 radical (unpaired) electrons. The van der Waals surface area contributed by atoms with Crippen molar-refractivity contribution in [3.63, 3.8) is 0 Å². The van der Waals surface area contributed by atoms with Crippen LogP contribution in [-0.2, 0) is 16.0 Å². The molecule has 3 atom stereocenters. The van der Waals surface area contributed by atoms with Gasteiger partial charge in [-0.2, -0.15) is 0 Å². The number of hydrogen-bond acceptors (Lipinski definition) is 3. The van der Waals surface area contributed by atoms with Gasteiger partial charge in [-0.25, -0.2) is 0 Å². The molecule has 130 valence electrons. The van der Waals surface area contributed by atoms with Gasteiger partial charge in [-0.3, -0.25) is 9.59 Å². The smallest absolute Gasteiger partial charge is 0.324 e. The molecule has 1 unspecified atom stereocenters. The molecule has 0 aromatic heterocycles. The molecule has 1 aliphatic carbocycles. The maximum Gasteiger partial charge on any atom is 0.324 e. The highest BCUT2D eigenvalue weighted by Gasteiger charge is 2.57. The first-order valence-electron chi connectivity index (χ1n) is 8.31. The Morgan fingerprint density at radius 2 is 1.60 bits per heavy atom. The van der Waals surface area contributed by atoms with E-state index in [-0.39, 0.29) is 6.42 Å². The van der Waals surface area contributed by atoms with Gasteiger partial charge in [-0.15, -0.1) is 0 Å². The van der Waals surface area contributed by atoms with Crippen molar-refractivity contribution >= 4 is 11.9 Å². The normalized spacial score (nSPS) is 21.3. The van der Waals surface area contributed by atoms with Crippen LogP contribution in [0.5, 0.6) is 0 Å². The minimum atomic E-state index is -1.48. The third-order valence-electron chi connectivity index (χ3n) is 5.06. The maximum absolute atomic E-state index is 11.6. The Kier molecular flexibility index (Phi) is 4.59. The number of aryl methyl sites for hydroxylation is 1. The van der Waals surface area contributed by atoms with Crippen molar-refractivity contribution in [1.29, 1.82) is 0 Å². The molecule has 0 bridgehead atoms. The van der Waals surface area contributed by atoms with E-state index in [0.717, 1.165) is 16.7 Å². The standard InChI is InChI=1S/C20H21NO4/c21-20(19(24)25,17-12-16(17)18(22)23)11-10-13-6-8-15(9-7-13)14-4-2-1-3-5-14/h1-9,16-17H,10-12,21H2,(H,22,23)(H,24,25)/t16-,17-,20?/m0/s1. The van der Waals surface area contributed by atoms with Gasteiger partial charge in [0.1, 0.15) is 5.54 Å². The van der Waals surface area contributed by atoms with Crippen molar-refractivity contribution < 1.29 is 19.8 Å². The van der Waals surface area contributed by atoms with Crippen molar-refractivity contribution in [1.82, 2.24) is 0 Å². The number of carboxylic acid groups (broad SMARTS) is 2. The zero-order valence-electron chi connectivity index (χ0n) is 13.8. The highest BCUT2D eigenvalue weighted by molar-refractivity contribution is 5.83. The third kappa shape index (κ3) is 3.56. The molecule has 2 aromatic carbocycles. The lowest BCUT2D eigenvalue weighted by Crippen LogP contribution is -2.51. The van der Waals surface area contributed by atoms with Crippen LogP contribution in [0, 0.1) is 11.8 Å². The lowest BCUT2D eigenvalue weighted by Gasteiger charge is -2.25. The number of carboxylic acids is 2. The Bertz CT molecular complexity index is 772. The highest BCUT2D eigenvalue weighted by Crippen LogP contribution is 2.47. The van der Waals surface area contributed by atoms with E-state index in [4.69, 9.17) is 10.8 Å². The molecule has 1 saturated carbocycles. The first kappa shape index (κ1) is 17.2. The molecule has 25 heavy (non-hydrogen) atoms. The first-order valence-corrected chi connectivity index (χ1v) is 8.31. The molecule has 4 N–H and O–H groups in total. The van der Waals surface area contributed by atoms with E-state index in [9.17, 15) is 14.7 Å². The molecule has 2 aromatic rings. The van der Waals surface area contributed by atoms with E-state index in [1.807, 2.05) is 54.6 Å². The van der Waals surface area contributed by atoms with E-state index in [1.54, 1.807) is 0 Å². The Morgan fingerprint density at radius 3 is 2.12 bits per heavy atom. The predicted octanol–water partition coefficient (Wildman–Crippen LogP) is 2.79. The highest BCUT2D eigenvalue weighted by atomic mass is 16.4. The lowest BCUT2D eigenvalue weighted by atomic mass is 9.86. The first-order chi connectivity index (χ1) is 11.9. The molecule has 0 spiro atoms. The second-order valence-corrected chi connectivity index (χ2v) is 6.70. The zero-order valence-corrected chi connectivity index (χ0v) is 13.8. The van der Waals surface area contributed by atoms with Gasteiger partial charge in [0.25, 0.3) is 0 Å². The van der Waals surface area contributed by atoms with Crippen molar-refractivity contribution in [2.45, 2.75) is 24.8 Å². The van der Waals surface area contributed by atoms with Gasteiger partial charge >= 0.3 is 11.9 Å². The van der Waals surface area contributed by atoms with Crippen molar-refractivity contribution in [2.24, 2.45) is 17.6 Å². The van der Waals surface area contributed by atoms with Crippen LogP contribution in [0.1, 0.15) is 18.4 Å². The second-order valence-electron chi connectivity index (χ2n) is 6.70. The summed E-state index contributed by atoms with van der Waals surface area (Å²) in [5, 5.41) is 18.5. The topological polar surface area (TPSA) is 101 Å². The van der Waals surface area contributed by atoms with Gasteiger partial charge < -0.3 is 15.9 Å². The zero-order chi connectivity index (χ0) is 18.0. The van der Waals surface area contributed by atoms with Crippen molar-refractivity contribution in [2.75, 3.05) is 0 Å². The molecule has 5 heteroatoms. The summed E-state index contributed by atoms with van der Waals surface area (Å²) >= 11 is 0. The van der Waals surface area contributed by atoms with Gasteiger partial charge in [0.2, 0.25) is 0 Å². The quantitative estimate of drug-likeness (QED) is 0.720. The summed E-state index contributed by atoms with van der Waals surface area (Å²) in [6.07, 6.45) is 1.06. The Morgan fingerprint density at radius 1 is 1.00 bits per heavy atom. The monoisotopic (exact) mass is 339 g/mol. The predicted molar refractivity (Wildman–Crippen MR) is 94.0 cm³/mol. The Hall–Kier alpha value is -2.66. The average molecular weight is 339 g/mol. The van der Waals surface area contributed by atoms with E-state index < -0.39 is 29.3 Å². The number of benzene rings is 2. The largest absolute Gasteiger partial charge is 0.481 e. The Balaban J connectivity index is 1.68. The fraction of sp³-hybridized carbons (Fsp3) is 0.300. The van der Waals surface area contributed by atoms with Crippen LogP contribution in [-0.4, -0.2) is 27.7 Å². The number of aliphatic carboxylic acids is 2. The number of rotatable bonds is 7. The molecular weight excluding hydrogens is 318 g/mol. The van der Waals surface area contributed by atoms with Crippen LogP contribution < -0.4 is 5.73 Å². The third-order valence-corrected chi connectivity index (χ3v) is 5.06. The summed E-state index contributed by atoms with van der Waals surface area (Å²) in [6.45, 7) is 0. The SMILES string of the molecule is NC(CCc1ccc(-c2ccccc2)cc1)(C(=O)O)[C@H]1C[C@@H]1C(=O)O. The van der Waals surface area contributed by atoms with Crippen molar-refractivity contribution in [3.8, 4) is 11.1 Å². The fourth-order valence-electron chi connectivity index (χ4n) is 3.33. The van der Waals surface area contributed by atoms with Gasteiger partial charge in [-0.1, -0.05) is 54.6 Å². The summed E-state index contributed by atoms with van der Waals surface area (Å²) < 4.78 is 0. The number of carbonyl (C=O) groups is 2. The van der Waals surface area contributed by atoms with Crippen LogP contribution in [0.25, 0.3) is 11.1 Å². The molecule has 3 rings (SSSR count). The van der Waals surface area contributed by atoms with E-state index in [0.29, 0.717) is 12.8 Å². The molecule has 1 aliphatic rings. The average Bonchev–Trinajstić information content (AvgIpc) is 3.42. The summed E-state index contributed by atoms with van der Waals surface area (Å²) in [6, 6.07) is 17.9. The van der Waals surface area contributed by atoms with Gasteiger partial charge in [-0.05, 0) is 36.0 Å². The van der Waals surface area contributed by atoms with Gasteiger partial charge in [0, 0.05) is 5.92 Å². The maximum atomic E-state index is 11.6.